The standard InChI is InChI=1S/C14H17Br2N3O/c1-4-17-13(9-5-10(15)7-11(16)6-9)14-12(20-3)8-18-19(14)2/h5-8,13,17H,4H2,1-3H3. The van der Waals surface area contributed by atoms with Gasteiger partial charge in [0.2, 0.25) is 0 Å². The number of halogens is 2. The molecule has 1 unspecified atom stereocenters. The molecule has 1 aromatic heterocycles. The van der Waals surface area contributed by atoms with Gasteiger partial charge in [0, 0.05) is 16.0 Å². The second kappa shape index (κ2) is 6.74. The monoisotopic (exact) mass is 401 g/mol. The molecule has 1 atom stereocenters. The molecular formula is C14H17Br2N3O. The summed E-state index contributed by atoms with van der Waals surface area (Å²) >= 11 is 7.08. The zero-order chi connectivity index (χ0) is 14.7. The molecule has 1 aromatic carbocycles. The van der Waals surface area contributed by atoms with E-state index in [0.29, 0.717) is 0 Å². The Balaban J connectivity index is 2.52. The lowest BCUT2D eigenvalue weighted by Gasteiger charge is -2.20. The van der Waals surface area contributed by atoms with Gasteiger partial charge in [-0.05, 0) is 30.3 Å². The maximum absolute atomic E-state index is 5.43. The number of hydrogen-bond donors (Lipinski definition) is 1. The summed E-state index contributed by atoms with van der Waals surface area (Å²) in [5, 5.41) is 7.78. The van der Waals surface area contributed by atoms with Gasteiger partial charge in [0.15, 0.2) is 5.75 Å². The molecule has 4 nitrogen and oxygen atoms in total. The number of ether oxygens (including phenoxy) is 1. The summed E-state index contributed by atoms with van der Waals surface area (Å²) in [5.41, 5.74) is 2.16. The average molecular weight is 403 g/mol. The first kappa shape index (κ1) is 15.5. The Morgan fingerprint density at radius 2 is 1.95 bits per heavy atom. The first-order chi connectivity index (χ1) is 9.56. The molecule has 0 amide bonds. The number of methoxy groups -OCH3 is 1. The molecule has 0 aliphatic carbocycles. The lowest BCUT2D eigenvalue weighted by atomic mass is 10.0. The number of benzene rings is 1. The fourth-order valence-corrected chi connectivity index (χ4v) is 3.56. The van der Waals surface area contributed by atoms with Gasteiger partial charge in [-0.3, -0.25) is 4.68 Å². The van der Waals surface area contributed by atoms with Gasteiger partial charge in [0.05, 0.1) is 19.3 Å². The number of rotatable bonds is 5. The molecule has 0 fully saturated rings. The van der Waals surface area contributed by atoms with E-state index in [1.165, 1.54) is 0 Å². The van der Waals surface area contributed by atoms with E-state index >= 15 is 0 Å². The van der Waals surface area contributed by atoms with Crippen LogP contribution in [-0.2, 0) is 7.05 Å². The summed E-state index contributed by atoms with van der Waals surface area (Å²) in [6.07, 6.45) is 1.74. The third-order valence-electron chi connectivity index (χ3n) is 3.07. The molecular weight excluding hydrogens is 386 g/mol. The Hall–Kier alpha value is -0.850. The van der Waals surface area contributed by atoms with E-state index in [-0.39, 0.29) is 6.04 Å². The van der Waals surface area contributed by atoms with Crippen LogP contribution < -0.4 is 10.1 Å². The van der Waals surface area contributed by atoms with Crippen molar-refractivity contribution in [3.8, 4) is 5.75 Å². The maximum atomic E-state index is 5.43. The highest BCUT2D eigenvalue weighted by molar-refractivity contribution is 9.11. The zero-order valence-electron chi connectivity index (χ0n) is 11.7. The number of nitrogens with zero attached hydrogens (tertiary/aromatic N) is 2. The van der Waals surface area contributed by atoms with Crippen LogP contribution in [0.1, 0.15) is 24.2 Å². The number of hydrogen-bond acceptors (Lipinski definition) is 3. The average Bonchev–Trinajstić information content (AvgIpc) is 2.76. The Morgan fingerprint density at radius 1 is 1.30 bits per heavy atom. The third-order valence-corrected chi connectivity index (χ3v) is 3.98. The molecule has 0 aliphatic rings. The summed E-state index contributed by atoms with van der Waals surface area (Å²) in [7, 11) is 3.59. The summed E-state index contributed by atoms with van der Waals surface area (Å²) in [6.45, 7) is 2.94. The lowest BCUT2D eigenvalue weighted by Crippen LogP contribution is -2.24. The molecule has 108 valence electrons. The van der Waals surface area contributed by atoms with Crippen molar-refractivity contribution < 1.29 is 4.74 Å². The number of aryl methyl sites for hydroxylation is 1. The minimum atomic E-state index is 0.0243. The largest absolute Gasteiger partial charge is 0.493 e. The number of nitrogens with one attached hydrogen (secondary N) is 1. The molecule has 1 N–H and O–H groups in total. The fraction of sp³-hybridized carbons (Fsp3) is 0.357. The van der Waals surface area contributed by atoms with Crippen LogP contribution in [0.2, 0.25) is 0 Å². The topological polar surface area (TPSA) is 39.1 Å². The molecule has 0 bridgehead atoms. The van der Waals surface area contributed by atoms with E-state index in [1.807, 2.05) is 17.8 Å². The summed E-state index contributed by atoms with van der Waals surface area (Å²) in [5.74, 6) is 0.787. The van der Waals surface area contributed by atoms with Gasteiger partial charge in [-0.1, -0.05) is 38.8 Å². The van der Waals surface area contributed by atoms with E-state index in [4.69, 9.17) is 4.74 Å². The van der Waals surface area contributed by atoms with Gasteiger partial charge in [0.25, 0.3) is 0 Å². The van der Waals surface area contributed by atoms with E-state index in [0.717, 1.165) is 32.5 Å². The van der Waals surface area contributed by atoms with Gasteiger partial charge >= 0.3 is 0 Å². The molecule has 2 aromatic rings. The lowest BCUT2D eigenvalue weighted by molar-refractivity contribution is 0.401. The fourth-order valence-electron chi connectivity index (χ4n) is 2.23. The first-order valence-corrected chi connectivity index (χ1v) is 7.90. The van der Waals surface area contributed by atoms with Gasteiger partial charge in [-0.25, -0.2) is 0 Å². The van der Waals surface area contributed by atoms with Crippen LogP contribution in [0.4, 0.5) is 0 Å². The molecule has 0 radical (unpaired) electrons. The zero-order valence-corrected chi connectivity index (χ0v) is 14.8. The molecule has 0 spiro atoms. The Morgan fingerprint density at radius 3 is 2.50 bits per heavy atom. The minimum Gasteiger partial charge on any atom is -0.493 e. The Labute approximate surface area is 135 Å². The quantitative estimate of drug-likeness (QED) is 0.829. The van der Waals surface area contributed by atoms with E-state index in [2.05, 4.69) is 61.3 Å². The highest BCUT2D eigenvalue weighted by Crippen LogP contribution is 2.32. The van der Waals surface area contributed by atoms with Crippen molar-refractivity contribution in [1.82, 2.24) is 15.1 Å². The van der Waals surface area contributed by atoms with Crippen LogP contribution in [-0.4, -0.2) is 23.4 Å². The Kier molecular flexibility index (Phi) is 5.23. The van der Waals surface area contributed by atoms with Crippen LogP contribution in [0.3, 0.4) is 0 Å². The summed E-state index contributed by atoms with van der Waals surface area (Å²) < 4.78 is 9.34. The van der Waals surface area contributed by atoms with E-state index in [9.17, 15) is 0 Å². The van der Waals surface area contributed by atoms with Gasteiger partial charge in [-0.2, -0.15) is 5.10 Å². The van der Waals surface area contributed by atoms with Crippen molar-refractivity contribution in [2.45, 2.75) is 13.0 Å². The van der Waals surface area contributed by atoms with Gasteiger partial charge < -0.3 is 10.1 Å². The highest BCUT2D eigenvalue weighted by Gasteiger charge is 2.22. The molecule has 0 saturated carbocycles. The van der Waals surface area contributed by atoms with Crippen molar-refractivity contribution >= 4 is 31.9 Å². The molecule has 2 rings (SSSR count). The predicted molar refractivity (Wildman–Crippen MR) is 87.1 cm³/mol. The van der Waals surface area contributed by atoms with E-state index < -0.39 is 0 Å². The van der Waals surface area contributed by atoms with Crippen molar-refractivity contribution in [2.24, 2.45) is 7.05 Å². The second-order valence-corrected chi connectivity index (χ2v) is 6.25. The third kappa shape index (κ3) is 3.24. The first-order valence-electron chi connectivity index (χ1n) is 6.32. The summed E-state index contributed by atoms with van der Waals surface area (Å²) in [6, 6.07) is 6.25. The summed E-state index contributed by atoms with van der Waals surface area (Å²) in [4.78, 5) is 0. The molecule has 0 aliphatic heterocycles. The smallest absolute Gasteiger partial charge is 0.161 e. The molecule has 1 heterocycles. The maximum Gasteiger partial charge on any atom is 0.161 e. The van der Waals surface area contributed by atoms with Crippen molar-refractivity contribution in [3.63, 3.8) is 0 Å². The van der Waals surface area contributed by atoms with Crippen LogP contribution >= 0.6 is 31.9 Å². The van der Waals surface area contributed by atoms with Crippen LogP contribution in [0.5, 0.6) is 5.75 Å². The van der Waals surface area contributed by atoms with Crippen molar-refractivity contribution in [1.29, 1.82) is 0 Å². The van der Waals surface area contributed by atoms with Crippen molar-refractivity contribution in [2.75, 3.05) is 13.7 Å². The second-order valence-electron chi connectivity index (χ2n) is 4.42. The minimum absolute atomic E-state index is 0.0243. The van der Waals surface area contributed by atoms with Gasteiger partial charge in [0.1, 0.15) is 5.69 Å². The van der Waals surface area contributed by atoms with Crippen molar-refractivity contribution in [3.05, 3.63) is 44.6 Å². The molecule has 0 saturated heterocycles. The SMILES string of the molecule is CCNC(c1cc(Br)cc(Br)c1)c1c(OC)cnn1C. The van der Waals surface area contributed by atoms with Gasteiger partial charge in [-0.15, -0.1) is 0 Å². The van der Waals surface area contributed by atoms with Crippen LogP contribution in [0, 0.1) is 0 Å². The normalized spacial score (nSPS) is 12.4. The Bertz CT molecular complexity index is 578. The molecule has 6 heteroatoms. The predicted octanol–water partition coefficient (Wildman–Crippen LogP) is 3.65. The van der Waals surface area contributed by atoms with Crippen LogP contribution in [0.25, 0.3) is 0 Å². The number of aromatic nitrogens is 2. The highest BCUT2D eigenvalue weighted by atomic mass is 79.9. The van der Waals surface area contributed by atoms with Crippen LogP contribution in [0.15, 0.2) is 33.3 Å². The molecule has 20 heavy (non-hydrogen) atoms. The van der Waals surface area contributed by atoms with E-state index in [1.54, 1.807) is 13.3 Å².